The summed E-state index contributed by atoms with van der Waals surface area (Å²) >= 11 is 0. The van der Waals surface area contributed by atoms with E-state index in [1.54, 1.807) is 18.2 Å². The number of hydrogen-bond acceptors (Lipinski definition) is 4. The van der Waals surface area contributed by atoms with E-state index in [1.807, 2.05) is 31.2 Å². The zero-order chi connectivity index (χ0) is 20.2. The first-order valence-electron chi connectivity index (χ1n) is 9.97. The van der Waals surface area contributed by atoms with Gasteiger partial charge in [-0.3, -0.25) is 14.5 Å². The number of pyridine rings is 1. The van der Waals surface area contributed by atoms with Gasteiger partial charge in [-0.05, 0) is 30.2 Å². The molecular formula is C23H25N3O3. The summed E-state index contributed by atoms with van der Waals surface area (Å²) in [5.41, 5.74) is 3.44. The number of anilines is 1. The van der Waals surface area contributed by atoms with Crippen molar-refractivity contribution in [1.82, 2.24) is 9.88 Å². The first-order valence-corrected chi connectivity index (χ1v) is 9.97. The summed E-state index contributed by atoms with van der Waals surface area (Å²) in [6, 6.07) is 17.2. The molecule has 1 fully saturated rings. The van der Waals surface area contributed by atoms with Crippen LogP contribution in [0.2, 0.25) is 0 Å². The Balaban J connectivity index is 1.44. The lowest BCUT2D eigenvalue weighted by atomic mass is 10.1. The smallest absolute Gasteiger partial charge is 0.254 e. The van der Waals surface area contributed by atoms with Crippen molar-refractivity contribution in [2.45, 2.75) is 26.0 Å². The number of morpholine rings is 1. The van der Waals surface area contributed by atoms with E-state index in [0.29, 0.717) is 24.2 Å². The molecule has 6 nitrogen and oxygen atoms in total. The van der Waals surface area contributed by atoms with Crippen molar-refractivity contribution in [2.24, 2.45) is 0 Å². The number of aromatic amines is 1. The molecule has 1 saturated heterocycles. The van der Waals surface area contributed by atoms with Crippen molar-refractivity contribution in [3.63, 3.8) is 0 Å². The minimum atomic E-state index is -0.538. The number of rotatable bonds is 5. The van der Waals surface area contributed by atoms with Crippen LogP contribution in [0.3, 0.4) is 0 Å². The summed E-state index contributed by atoms with van der Waals surface area (Å²) in [5.74, 6) is -0.191. The number of hydrogen-bond donors (Lipinski definition) is 2. The Kier molecular flexibility index (Phi) is 5.74. The predicted molar refractivity (Wildman–Crippen MR) is 114 cm³/mol. The van der Waals surface area contributed by atoms with Crippen LogP contribution >= 0.6 is 0 Å². The fraction of sp³-hybridized carbons (Fsp3) is 0.304. The molecule has 6 heteroatoms. The number of nitrogens with zero attached hydrogens (tertiary/aromatic N) is 1. The summed E-state index contributed by atoms with van der Waals surface area (Å²) in [7, 11) is 0. The highest BCUT2D eigenvalue weighted by atomic mass is 16.5. The molecule has 0 spiro atoms. The molecule has 0 saturated carbocycles. The van der Waals surface area contributed by atoms with E-state index in [4.69, 9.17) is 4.74 Å². The largest absolute Gasteiger partial charge is 0.366 e. The predicted octanol–water partition coefficient (Wildman–Crippen LogP) is 2.93. The standard InChI is InChI=1S/C23H25N3O3/c1-2-17-13-21(27)19-12-18(8-9-20(19)24-17)25-23(28)22-15-26(10-11-29-22)14-16-6-4-3-5-7-16/h3-9,12-13,22H,2,10-11,14-15H2,1H3,(H,24,27)(H,25,28). The maximum absolute atomic E-state index is 12.7. The normalized spacial score (nSPS) is 17.3. The molecule has 0 bridgehead atoms. The third-order valence-electron chi connectivity index (χ3n) is 5.23. The molecule has 1 aliphatic heterocycles. The van der Waals surface area contributed by atoms with Crippen LogP contribution in [0.25, 0.3) is 10.9 Å². The lowest BCUT2D eigenvalue weighted by molar-refractivity contribution is -0.133. The molecule has 29 heavy (non-hydrogen) atoms. The van der Waals surface area contributed by atoms with Gasteiger partial charge in [0, 0.05) is 48.0 Å². The van der Waals surface area contributed by atoms with Gasteiger partial charge in [0.2, 0.25) is 0 Å². The SMILES string of the molecule is CCc1cc(=O)c2cc(NC(=O)C3CN(Cc4ccccc4)CCO3)ccc2[nH]1. The van der Waals surface area contributed by atoms with Crippen LogP contribution in [0.5, 0.6) is 0 Å². The summed E-state index contributed by atoms with van der Waals surface area (Å²) in [4.78, 5) is 30.6. The van der Waals surface area contributed by atoms with E-state index in [2.05, 4.69) is 27.3 Å². The molecule has 1 aliphatic rings. The van der Waals surface area contributed by atoms with Crippen LogP contribution in [-0.4, -0.2) is 41.6 Å². The third kappa shape index (κ3) is 4.55. The highest BCUT2D eigenvalue weighted by molar-refractivity contribution is 5.96. The van der Waals surface area contributed by atoms with E-state index in [9.17, 15) is 9.59 Å². The Labute approximate surface area is 169 Å². The van der Waals surface area contributed by atoms with Crippen molar-refractivity contribution < 1.29 is 9.53 Å². The fourth-order valence-corrected chi connectivity index (χ4v) is 3.64. The molecule has 2 N–H and O–H groups in total. The zero-order valence-corrected chi connectivity index (χ0v) is 16.5. The van der Waals surface area contributed by atoms with E-state index < -0.39 is 6.10 Å². The lowest BCUT2D eigenvalue weighted by Gasteiger charge is -2.32. The maximum Gasteiger partial charge on any atom is 0.254 e. The molecule has 4 rings (SSSR count). The van der Waals surface area contributed by atoms with Gasteiger partial charge in [0.1, 0.15) is 6.10 Å². The van der Waals surface area contributed by atoms with Gasteiger partial charge in [-0.1, -0.05) is 37.3 Å². The Bertz CT molecular complexity index is 1060. The molecule has 150 valence electrons. The number of ether oxygens (including phenoxy) is 1. The van der Waals surface area contributed by atoms with Crippen molar-refractivity contribution >= 4 is 22.5 Å². The fourth-order valence-electron chi connectivity index (χ4n) is 3.64. The molecule has 1 atom stereocenters. The summed E-state index contributed by atoms with van der Waals surface area (Å²) in [5, 5.41) is 3.47. The van der Waals surface area contributed by atoms with Crippen molar-refractivity contribution in [1.29, 1.82) is 0 Å². The Morgan fingerprint density at radius 2 is 2.03 bits per heavy atom. The average Bonchev–Trinajstić information content (AvgIpc) is 2.75. The molecule has 2 aromatic carbocycles. The average molecular weight is 391 g/mol. The Morgan fingerprint density at radius 3 is 2.83 bits per heavy atom. The van der Waals surface area contributed by atoms with Gasteiger partial charge >= 0.3 is 0 Å². The molecule has 3 aromatic rings. The summed E-state index contributed by atoms with van der Waals surface area (Å²) in [6.45, 7) is 4.64. The third-order valence-corrected chi connectivity index (χ3v) is 5.23. The number of nitrogens with one attached hydrogen (secondary N) is 2. The Hall–Kier alpha value is -2.96. The number of amides is 1. The highest BCUT2D eigenvalue weighted by Crippen LogP contribution is 2.17. The van der Waals surface area contributed by atoms with Crippen molar-refractivity contribution in [3.8, 4) is 0 Å². The second-order valence-electron chi connectivity index (χ2n) is 7.34. The summed E-state index contributed by atoms with van der Waals surface area (Å²) < 4.78 is 5.70. The molecule has 1 aromatic heterocycles. The number of aromatic nitrogens is 1. The van der Waals surface area contributed by atoms with Gasteiger partial charge in [-0.15, -0.1) is 0 Å². The second-order valence-corrected chi connectivity index (χ2v) is 7.34. The van der Waals surface area contributed by atoms with Crippen molar-refractivity contribution in [3.05, 3.63) is 76.1 Å². The van der Waals surface area contributed by atoms with Gasteiger partial charge in [0.05, 0.1) is 6.61 Å². The van der Waals surface area contributed by atoms with Crippen LogP contribution in [-0.2, 0) is 22.5 Å². The lowest BCUT2D eigenvalue weighted by Crippen LogP contribution is -2.47. The van der Waals surface area contributed by atoms with E-state index >= 15 is 0 Å². The van der Waals surface area contributed by atoms with E-state index in [-0.39, 0.29) is 11.3 Å². The first kappa shape index (κ1) is 19.4. The van der Waals surface area contributed by atoms with E-state index in [1.165, 1.54) is 5.56 Å². The topological polar surface area (TPSA) is 74.4 Å². The van der Waals surface area contributed by atoms with Crippen LogP contribution < -0.4 is 10.7 Å². The molecule has 2 heterocycles. The minimum Gasteiger partial charge on any atom is -0.366 e. The van der Waals surface area contributed by atoms with Crippen molar-refractivity contribution in [2.75, 3.05) is 25.0 Å². The van der Waals surface area contributed by atoms with Crippen LogP contribution in [0.1, 0.15) is 18.2 Å². The molecule has 0 radical (unpaired) electrons. The number of carbonyl (C=O) groups is 1. The second kappa shape index (κ2) is 8.59. The molecular weight excluding hydrogens is 366 g/mol. The van der Waals surface area contributed by atoms with Gasteiger partial charge in [-0.2, -0.15) is 0 Å². The minimum absolute atomic E-state index is 0.0466. The highest BCUT2D eigenvalue weighted by Gasteiger charge is 2.26. The number of aryl methyl sites for hydroxylation is 1. The van der Waals surface area contributed by atoms with Gasteiger partial charge < -0.3 is 15.0 Å². The zero-order valence-electron chi connectivity index (χ0n) is 16.5. The monoisotopic (exact) mass is 391 g/mol. The number of fused-ring (bicyclic) bond motifs is 1. The van der Waals surface area contributed by atoms with Gasteiger partial charge in [0.15, 0.2) is 5.43 Å². The molecule has 1 unspecified atom stereocenters. The number of benzene rings is 2. The number of H-pyrrole nitrogens is 1. The van der Waals surface area contributed by atoms with Crippen LogP contribution in [0.15, 0.2) is 59.4 Å². The number of carbonyl (C=O) groups excluding carboxylic acids is 1. The summed E-state index contributed by atoms with van der Waals surface area (Å²) in [6.07, 6.45) is 0.228. The van der Waals surface area contributed by atoms with E-state index in [0.717, 1.165) is 30.7 Å². The van der Waals surface area contributed by atoms with Crippen LogP contribution in [0, 0.1) is 0 Å². The van der Waals surface area contributed by atoms with Gasteiger partial charge in [0.25, 0.3) is 5.91 Å². The van der Waals surface area contributed by atoms with Gasteiger partial charge in [-0.25, -0.2) is 0 Å². The first-order chi connectivity index (χ1) is 14.1. The maximum atomic E-state index is 12.7. The molecule has 1 amide bonds. The quantitative estimate of drug-likeness (QED) is 0.701. The van der Waals surface area contributed by atoms with Crippen LogP contribution in [0.4, 0.5) is 5.69 Å². The Morgan fingerprint density at radius 1 is 1.21 bits per heavy atom. The molecule has 0 aliphatic carbocycles.